The third-order valence-electron chi connectivity index (χ3n) is 4.00. The molecule has 3 rings (SSSR count). The molecule has 25 heavy (non-hydrogen) atoms. The molecule has 1 N–H and O–H groups in total. The Balaban J connectivity index is 0.00000225. The van der Waals surface area contributed by atoms with Crippen LogP contribution in [0.4, 0.5) is 5.00 Å². The number of fused-ring (bicyclic) bond motifs is 1. The highest BCUT2D eigenvalue weighted by Crippen LogP contribution is 2.38. The fourth-order valence-electron chi connectivity index (χ4n) is 2.73. The minimum absolute atomic E-state index is 0. The van der Waals surface area contributed by atoms with Crippen LogP contribution >= 0.6 is 46.7 Å². The molecule has 1 amide bonds. The number of nitrogens with one attached hydrogen (secondary N) is 1. The molecule has 0 saturated heterocycles. The van der Waals surface area contributed by atoms with Crippen molar-refractivity contribution >= 4 is 63.6 Å². The van der Waals surface area contributed by atoms with E-state index >= 15 is 0 Å². The average molecular weight is 421 g/mol. The summed E-state index contributed by atoms with van der Waals surface area (Å²) in [6.07, 6.45) is 0.783. The van der Waals surface area contributed by atoms with Crippen molar-refractivity contribution in [3.63, 3.8) is 0 Å². The summed E-state index contributed by atoms with van der Waals surface area (Å²) in [5, 5.41) is 3.41. The van der Waals surface area contributed by atoms with Gasteiger partial charge in [0, 0.05) is 18.0 Å². The second kappa shape index (κ2) is 8.51. The van der Waals surface area contributed by atoms with E-state index in [1.807, 2.05) is 0 Å². The smallest absolute Gasteiger partial charge is 0.341 e. The lowest BCUT2D eigenvalue weighted by molar-refractivity contribution is 0.0600. The number of carbonyl (C=O) groups excluding carboxylic acids is 2. The highest BCUT2D eigenvalue weighted by Gasteiger charge is 2.29. The Morgan fingerprint density at radius 2 is 2.12 bits per heavy atom. The van der Waals surface area contributed by atoms with Crippen molar-refractivity contribution < 1.29 is 14.3 Å². The predicted molar refractivity (Wildman–Crippen MR) is 105 cm³/mol. The van der Waals surface area contributed by atoms with Crippen LogP contribution in [0.1, 0.15) is 37.4 Å². The molecule has 5 nitrogen and oxygen atoms in total. The van der Waals surface area contributed by atoms with E-state index in [1.165, 1.54) is 29.8 Å². The van der Waals surface area contributed by atoms with Crippen LogP contribution in [0.2, 0.25) is 4.34 Å². The quantitative estimate of drug-likeness (QED) is 0.748. The number of ether oxygens (including phenoxy) is 1. The number of anilines is 1. The summed E-state index contributed by atoms with van der Waals surface area (Å²) in [6.45, 7) is 4.77. The van der Waals surface area contributed by atoms with Crippen LogP contribution in [0.25, 0.3) is 0 Å². The van der Waals surface area contributed by atoms with Crippen molar-refractivity contribution in [2.24, 2.45) is 0 Å². The van der Waals surface area contributed by atoms with Crippen LogP contribution in [-0.2, 0) is 17.7 Å². The first kappa shape index (κ1) is 20.2. The van der Waals surface area contributed by atoms with Gasteiger partial charge in [-0.25, -0.2) is 4.79 Å². The van der Waals surface area contributed by atoms with Crippen LogP contribution in [0.15, 0.2) is 12.1 Å². The van der Waals surface area contributed by atoms with Crippen LogP contribution in [0, 0.1) is 0 Å². The van der Waals surface area contributed by atoms with E-state index in [4.69, 9.17) is 16.3 Å². The second-order valence-corrected chi connectivity index (χ2v) is 8.20. The Kier molecular flexibility index (Phi) is 6.87. The van der Waals surface area contributed by atoms with Gasteiger partial charge in [-0.3, -0.25) is 9.69 Å². The maximum absolute atomic E-state index is 12.4. The van der Waals surface area contributed by atoms with Crippen molar-refractivity contribution in [1.29, 1.82) is 0 Å². The number of methoxy groups -OCH3 is 1. The Bertz CT molecular complexity index is 788. The van der Waals surface area contributed by atoms with Gasteiger partial charge >= 0.3 is 5.97 Å². The number of amides is 1. The van der Waals surface area contributed by atoms with Gasteiger partial charge in [-0.15, -0.1) is 35.1 Å². The van der Waals surface area contributed by atoms with Gasteiger partial charge < -0.3 is 10.1 Å². The van der Waals surface area contributed by atoms with Gasteiger partial charge in [-0.2, -0.15) is 0 Å². The predicted octanol–water partition coefficient (Wildman–Crippen LogP) is 4.30. The molecule has 3 heterocycles. The molecule has 0 radical (unpaired) electrons. The van der Waals surface area contributed by atoms with Gasteiger partial charge in [0.15, 0.2) is 0 Å². The molecule has 0 atom stereocenters. The third kappa shape index (κ3) is 4.17. The standard InChI is InChI=1S/C16H17ClN2O3S2.ClH/c1-3-19-7-6-9-11(8-19)24-15(13(9)16(21)22-2)18-14(20)10-4-5-12(17)23-10;/h4-5H,3,6-8H2,1-2H3,(H,18,20);1H. The molecule has 1 aliphatic rings. The summed E-state index contributed by atoms with van der Waals surface area (Å²) in [4.78, 5) is 28.6. The number of nitrogens with zero attached hydrogens (tertiary/aromatic N) is 1. The van der Waals surface area contributed by atoms with Crippen molar-refractivity contribution in [3.8, 4) is 0 Å². The van der Waals surface area contributed by atoms with E-state index in [1.54, 1.807) is 12.1 Å². The van der Waals surface area contributed by atoms with Crippen LogP contribution < -0.4 is 5.32 Å². The molecular formula is C16H18Cl2N2O3S2. The minimum atomic E-state index is -0.406. The Hall–Kier alpha value is -1.12. The lowest BCUT2D eigenvalue weighted by atomic mass is 10.0. The zero-order valence-corrected chi connectivity index (χ0v) is 17.0. The van der Waals surface area contributed by atoms with Crippen LogP contribution in [-0.4, -0.2) is 37.0 Å². The number of thiophene rings is 2. The molecule has 0 fully saturated rings. The molecular weight excluding hydrogens is 403 g/mol. The fourth-order valence-corrected chi connectivity index (χ4v) is 4.94. The van der Waals surface area contributed by atoms with E-state index in [2.05, 4.69) is 17.1 Å². The van der Waals surface area contributed by atoms with Crippen LogP contribution in [0.5, 0.6) is 0 Å². The van der Waals surface area contributed by atoms with E-state index in [0.717, 1.165) is 36.5 Å². The maximum atomic E-state index is 12.4. The van der Waals surface area contributed by atoms with Gasteiger partial charge in [-0.1, -0.05) is 18.5 Å². The third-order valence-corrected chi connectivity index (χ3v) is 6.36. The zero-order chi connectivity index (χ0) is 17.3. The van der Waals surface area contributed by atoms with Gasteiger partial charge in [0.1, 0.15) is 5.00 Å². The molecule has 1 aliphatic heterocycles. The van der Waals surface area contributed by atoms with E-state index < -0.39 is 5.97 Å². The number of esters is 1. The monoisotopic (exact) mass is 420 g/mol. The molecule has 2 aromatic heterocycles. The first-order valence-corrected chi connectivity index (χ1v) is 9.56. The lowest BCUT2D eigenvalue weighted by Gasteiger charge is -2.25. The summed E-state index contributed by atoms with van der Waals surface area (Å²) in [7, 11) is 1.36. The summed E-state index contributed by atoms with van der Waals surface area (Å²) < 4.78 is 5.48. The highest BCUT2D eigenvalue weighted by atomic mass is 35.5. The van der Waals surface area contributed by atoms with Crippen molar-refractivity contribution in [1.82, 2.24) is 4.90 Å². The average Bonchev–Trinajstić information content (AvgIpc) is 3.16. The Morgan fingerprint density at radius 3 is 2.72 bits per heavy atom. The van der Waals surface area contributed by atoms with E-state index in [-0.39, 0.29) is 18.3 Å². The summed E-state index contributed by atoms with van der Waals surface area (Å²) >= 11 is 8.55. The maximum Gasteiger partial charge on any atom is 0.341 e. The summed E-state index contributed by atoms with van der Waals surface area (Å²) in [5.41, 5.74) is 1.49. The summed E-state index contributed by atoms with van der Waals surface area (Å²) in [5.74, 6) is -0.667. The second-order valence-electron chi connectivity index (χ2n) is 5.38. The van der Waals surface area contributed by atoms with Gasteiger partial charge in [0.25, 0.3) is 5.91 Å². The highest BCUT2D eigenvalue weighted by molar-refractivity contribution is 7.18. The first-order chi connectivity index (χ1) is 11.5. The molecule has 0 saturated carbocycles. The number of carbonyl (C=O) groups is 2. The molecule has 136 valence electrons. The van der Waals surface area contributed by atoms with Crippen molar-refractivity contribution in [2.75, 3.05) is 25.5 Å². The molecule has 2 aromatic rings. The largest absolute Gasteiger partial charge is 0.465 e. The lowest BCUT2D eigenvalue weighted by Crippen LogP contribution is -2.29. The minimum Gasteiger partial charge on any atom is -0.465 e. The zero-order valence-electron chi connectivity index (χ0n) is 13.8. The Labute approximate surface area is 165 Å². The molecule has 0 aliphatic carbocycles. The number of hydrogen-bond acceptors (Lipinski definition) is 6. The van der Waals surface area contributed by atoms with E-state index in [9.17, 15) is 9.59 Å². The number of likely N-dealkylation sites (N-methyl/N-ethyl adjacent to an activating group) is 1. The van der Waals surface area contributed by atoms with E-state index in [0.29, 0.717) is 19.8 Å². The molecule has 0 unspecified atom stereocenters. The fraction of sp³-hybridized carbons (Fsp3) is 0.375. The van der Waals surface area contributed by atoms with Crippen molar-refractivity contribution in [2.45, 2.75) is 19.9 Å². The number of hydrogen-bond donors (Lipinski definition) is 1. The molecule has 0 spiro atoms. The number of halogens is 2. The SMILES string of the molecule is CCN1CCc2c(sc(NC(=O)c3ccc(Cl)s3)c2C(=O)OC)C1.Cl. The van der Waals surface area contributed by atoms with Crippen LogP contribution in [0.3, 0.4) is 0 Å². The first-order valence-electron chi connectivity index (χ1n) is 7.55. The molecule has 0 bridgehead atoms. The normalized spacial score (nSPS) is 13.7. The topological polar surface area (TPSA) is 58.6 Å². The summed E-state index contributed by atoms with van der Waals surface area (Å²) in [6, 6.07) is 3.35. The molecule has 0 aromatic carbocycles. The van der Waals surface area contributed by atoms with Gasteiger partial charge in [0.2, 0.25) is 0 Å². The number of rotatable bonds is 4. The molecule has 9 heteroatoms. The van der Waals surface area contributed by atoms with Gasteiger partial charge in [-0.05, 0) is 30.7 Å². The van der Waals surface area contributed by atoms with Crippen molar-refractivity contribution in [3.05, 3.63) is 37.4 Å². The Morgan fingerprint density at radius 1 is 1.36 bits per heavy atom. The van der Waals surface area contributed by atoms with Gasteiger partial charge in [0.05, 0.1) is 21.9 Å².